The van der Waals surface area contributed by atoms with Gasteiger partial charge in [0.05, 0.1) is 22.7 Å². The molecule has 2 aromatic rings. The highest BCUT2D eigenvalue weighted by molar-refractivity contribution is 5.96. The highest BCUT2D eigenvalue weighted by Crippen LogP contribution is 2.37. The van der Waals surface area contributed by atoms with Crippen LogP contribution in [0, 0.1) is 0 Å². The summed E-state index contributed by atoms with van der Waals surface area (Å²) in [7, 11) is 0. The Hall–Kier alpha value is -2.59. The van der Waals surface area contributed by atoms with Crippen LogP contribution >= 0.6 is 0 Å². The molecule has 2 rings (SSSR count). The van der Waals surface area contributed by atoms with Crippen molar-refractivity contribution in [1.29, 1.82) is 0 Å². The second-order valence-corrected chi connectivity index (χ2v) is 5.39. The van der Waals surface area contributed by atoms with Crippen molar-refractivity contribution in [2.45, 2.75) is 38.8 Å². The van der Waals surface area contributed by atoms with Crippen molar-refractivity contribution >= 4 is 5.91 Å². The molecule has 0 aliphatic heterocycles. The number of hydrogen-bond donors (Lipinski definition) is 1. The Kier molecular flexibility index (Phi) is 5.28. The molecular formula is C15H14F6N4O. The first kappa shape index (κ1) is 19.7. The van der Waals surface area contributed by atoms with Gasteiger partial charge in [-0.2, -0.15) is 31.4 Å². The van der Waals surface area contributed by atoms with E-state index in [4.69, 9.17) is 0 Å². The Morgan fingerprint density at radius 3 is 2.38 bits per heavy atom. The number of halogens is 6. The fraction of sp³-hybridized carbons (Fsp3) is 0.400. The van der Waals surface area contributed by atoms with E-state index in [9.17, 15) is 31.1 Å². The van der Waals surface area contributed by atoms with Gasteiger partial charge in [-0.05, 0) is 32.0 Å². The zero-order valence-electron chi connectivity index (χ0n) is 13.6. The van der Waals surface area contributed by atoms with Gasteiger partial charge < -0.3 is 5.32 Å². The minimum absolute atomic E-state index is 0.0753. The van der Waals surface area contributed by atoms with Gasteiger partial charge in [-0.1, -0.05) is 0 Å². The topological polar surface area (TPSA) is 59.8 Å². The lowest BCUT2D eigenvalue weighted by molar-refractivity contribution is -0.143. The molecule has 1 amide bonds. The van der Waals surface area contributed by atoms with E-state index in [1.807, 2.05) is 0 Å². The maximum absolute atomic E-state index is 13.1. The van der Waals surface area contributed by atoms with E-state index >= 15 is 0 Å². The molecule has 142 valence electrons. The zero-order chi connectivity index (χ0) is 19.7. The zero-order valence-corrected chi connectivity index (χ0v) is 13.6. The highest BCUT2D eigenvalue weighted by atomic mass is 19.4. The Morgan fingerprint density at radius 2 is 1.85 bits per heavy atom. The van der Waals surface area contributed by atoms with Gasteiger partial charge in [0, 0.05) is 6.54 Å². The largest absolute Gasteiger partial charge is 0.417 e. The summed E-state index contributed by atoms with van der Waals surface area (Å²) >= 11 is 0. The molecule has 1 atom stereocenters. The van der Waals surface area contributed by atoms with Gasteiger partial charge in [-0.15, -0.1) is 0 Å². The molecule has 5 nitrogen and oxygen atoms in total. The van der Waals surface area contributed by atoms with Crippen LogP contribution in [-0.4, -0.2) is 20.7 Å². The molecule has 1 unspecified atom stereocenters. The van der Waals surface area contributed by atoms with Crippen molar-refractivity contribution in [2.75, 3.05) is 0 Å². The molecule has 11 heteroatoms. The quantitative estimate of drug-likeness (QED) is 0.821. The molecule has 0 aliphatic rings. The van der Waals surface area contributed by atoms with E-state index in [1.165, 1.54) is 17.9 Å². The van der Waals surface area contributed by atoms with E-state index in [0.717, 1.165) is 0 Å². The Labute approximate surface area is 144 Å². The van der Waals surface area contributed by atoms with Crippen LogP contribution < -0.4 is 5.32 Å². The minimum Gasteiger partial charge on any atom is -0.342 e. The molecule has 0 saturated carbocycles. The lowest BCUT2D eigenvalue weighted by Crippen LogP contribution is -2.31. The second kappa shape index (κ2) is 6.96. The summed E-state index contributed by atoms with van der Waals surface area (Å²) in [6.45, 7) is 3.65. The van der Waals surface area contributed by atoms with Crippen LogP contribution in [0.1, 0.15) is 47.2 Å². The lowest BCUT2D eigenvalue weighted by atomic mass is 10.0. The Morgan fingerprint density at radius 1 is 1.19 bits per heavy atom. The van der Waals surface area contributed by atoms with Crippen molar-refractivity contribution in [2.24, 2.45) is 0 Å². The Balaban J connectivity index is 2.36. The third kappa shape index (κ3) is 4.14. The van der Waals surface area contributed by atoms with Crippen molar-refractivity contribution in [3.05, 3.63) is 47.0 Å². The summed E-state index contributed by atoms with van der Waals surface area (Å²) in [5.41, 5.74) is -4.05. The molecule has 1 aromatic heterocycles. The van der Waals surface area contributed by atoms with Crippen LogP contribution in [-0.2, 0) is 18.9 Å². The Bertz CT molecular complexity index is 796. The lowest BCUT2D eigenvalue weighted by Gasteiger charge is -2.18. The van der Waals surface area contributed by atoms with Gasteiger partial charge >= 0.3 is 12.4 Å². The van der Waals surface area contributed by atoms with E-state index in [0.29, 0.717) is 24.5 Å². The SMILES string of the molecule is CCn1ncnc1C(C)NC(=O)c1ccc(C(F)(F)F)cc1C(F)(F)F. The first-order valence-corrected chi connectivity index (χ1v) is 7.42. The number of benzene rings is 1. The van der Waals surface area contributed by atoms with Crippen molar-refractivity contribution in [1.82, 2.24) is 20.1 Å². The average Bonchev–Trinajstić information content (AvgIpc) is 3.01. The number of carbonyl (C=O) groups is 1. The second-order valence-electron chi connectivity index (χ2n) is 5.39. The van der Waals surface area contributed by atoms with Crippen LogP contribution in [0.3, 0.4) is 0 Å². The number of hydrogen-bond acceptors (Lipinski definition) is 3. The number of carbonyl (C=O) groups excluding carboxylic acids is 1. The molecule has 1 heterocycles. The van der Waals surface area contributed by atoms with E-state index in [2.05, 4.69) is 15.4 Å². The summed E-state index contributed by atoms with van der Waals surface area (Å²) in [5, 5.41) is 6.18. The van der Waals surface area contributed by atoms with E-state index in [-0.39, 0.29) is 6.07 Å². The molecule has 0 aliphatic carbocycles. The van der Waals surface area contributed by atoms with Crippen molar-refractivity contribution in [3.8, 4) is 0 Å². The average molecular weight is 380 g/mol. The molecular weight excluding hydrogens is 366 g/mol. The number of nitrogens with one attached hydrogen (secondary N) is 1. The van der Waals surface area contributed by atoms with Crippen LogP contribution in [0.2, 0.25) is 0 Å². The molecule has 0 spiro atoms. The number of amides is 1. The first-order valence-electron chi connectivity index (χ1n) is 7.42. The molecule has 0 radical (unpaired) electrons. The highest BCUT2D eigenvalue weighted by Gasteiger charge is 2.39. The monoisotopic (exact) mass is 380 g/mol. The van der Waals surface area contributed by atoms with Crippen molar-refractivity contribution < 1.29 is 31.1 Å². The van der Waals surface area contributed by atoms with Crippen LogP contribution in [0.5, 0.6) is 0 Å². The third-order valence-corrected chi connectivity index (χ3v) is 3.58. The molecule has 1 N–H and O–H groups in total. The summed E-state index contributed by atoms with van der Waals surface area (Å²) < 4.78 is 78.9. The molecule has 0 fully saturated rings. The number of nitrogens with zero attached hydrogens (tertiary/aromatic N) is 3. The van der Waals surface area contributed by atoms with Gasteiger partial charge in [0.25, 0.3) is 5.91 Å². The summed E-state index contributed by atoms with van der Waals surface area (Å²) in [4.78, 5) is 16.1. The van der Waals surface area contributed by atoms with E-state index < -0.39 is 41.0 Å². The maximum Gasteiger partial charge on any atom is 0.417 e. The van der Waals surface area contributed by atoms with Crippen LogP contribution in [0.15, 0.2) is 24.5 Å². The molecule has 0 bridgehead atoms. The van der Waals surface area contributed by atoms with Gasteiger partial charge in [0.15, 0.2) is 0 Å². The fourth-order valence-corrected chi connectivity index (χ4v) is 2.34. The molecule has 26 heavy (non-hydrogen) atoms. The predicted octanol–water partition coefficient (Wildman–Crippen LogP) is 3.83. The number of aromatic nitrogens is 3. The van der Waals surface area contributed by atoms with Crippen molar-refractivity contribution in [3.63, 3.8) is 0 Å². The van der Waals surface area contributed by atoms with Crippen LogP contribution in [0.25, 0.3) is 0 Å². The van der Waals surface area contributed by atoms with E-state index in [1.54, 1.807) is 6.92 Å². The molecule has 0 saturated heterocycles. The summed E-state index contributed by atoms with van der Waals surface area (Å²) in [6.07, 6.45) is -8.86. The number of alkyl halides is 6. The minimum atomic E-state index is -5.12. The smallest absolute Gasteiger partial charge is 0.342 e. The number of aryl methyl sites for hydroxylation is 1. The summed E-state index contributed by atoms with van der Waals surface area (Å²) in [6, 6.07) is 0.0729. The maximum atomic E-state index is 13.1. The van der Waals surface area contributed by atoms with Gasteiger partial charge in [0.2, 0.25) is 0 Å². The third-order valence-electron chi connectivity index (χ3n) is 3.58. The predicted molar refractivity (Wildman–Crippen MR) is 78.0 cm³/mol. The van der Waals surface area contributed by atoms with Gasteiger partial charge in [-0.25, -0.2) is 9.67 Å². The van der Waals surface area contributed by atoms with Crippen LogP contribution in [0.4, 0.5) is 26.3 Å². The van der Waals surface area contributed by atoms with Gasteiger partial charge in [-0.3, -0.25) is 4.79 Å². The van der Waals surface area contributed by atoms with Gasteiger partial charge in [0.1, 0.15) is 12.2 Å². The fourth-order valence-electron chi connectivity index (χ4n) is 2.34. The first-order chi connectivity index (χ1) is 11.9. The molecule has 1 aromatic carbocycles. The summed E-state index contributed by atoms with van der Waals surface area (Å²) in [5.74, 6) is -0.856. The standard InChI is InChI=1S/C15H14F6N4O/c1-3-25-12(22-7-23-25)8(2)24-13(26)10-5-4-9(14(16,17)18)6-11(10)15(19,20)21/h4-8H,3H2,1-2H3,(H,24,26). The normalized spacial score (nSPS) is 13.5. The number of rotatable bonds is 4.